The van der Waals surface area contributed by atoms with E-state index in [0.717, 1.165) is 5.56 Å². The second kappa shape index (κ2) is 7.16. The number of nitrogens with zero attached hydrogens (tertiary/aromatic N) is 1. The molecule has 0 aliphatic carbocycles. The van der Waals surface area contributed by atoms with E-state index in [1.165, 1.54) is 0 Å². The average molecular weight is 331 g/mol. The lowest BCUT2D eigenvalue weighted by atomic mass is 9.87. The summed E-state index contributed by atoms with van der Waals surface area (Å²) in [6.07, 6.45) is 0. The van der Waals surface area contributed by atoms with Gasteiger partial charge in [0.2, 0.25) is 0 Å². The van der Waals surface area contributed by atoms with Gasteiger partial charge in [0.15, 0.2) is 0 Å². The number of benzene rings is 2. The van der Waals surface area contributed by atoms with Crippen molar-refractivity contribution in [1.29, 1.82) is 0 Å². The van der Waals surface area contributed by atoms with Crippen molar-refractivity contribution in [3.8, 4) is 0 Å². The molecule has 1 amide bonds. The van der Waals surface area contributed by atoms with Crippen LogP contribution in [0.5, 0.6) is 0 Å². The lowest BCUT2D eigenvalue weighted by Gasteiger charge is -2.40. The van der Waals surface area contributed by atoms with Gasteiger partial charge in [0.1, 0.15) is 0 Å². The van der Waals surface area contributed by atoms with Gasteiger partial charge in [0.25, 0.3) is 5.91 Å². The average Bonchev–Trinajstić information content (AvgIpc) is 2.53. The first-order chi connectivity index (χ1) is 10.8. The molecule has 3 nitrogen and oxygen atoms in total. The van der Waals surface area contributed by atoms with Gasteiger partial charge in [-0.1, -0.05) is 54.1 Å². The minimum Gasteiger partial charge on any atom is -0.343 e. The van der Waals surface area contributed by atoms with Crippen molar-refractivity contribution in [2.45, 2.75) is 25.4 Å². The molecule has 0 saturated carbocycles. The highest BCUT2D eigenvalue weighted by Crippen LogP contribution is 2.30. The first-order valence-electron chi connectivity index (χ1n) is 7.62. The third-order valence-corrected chi connectivity index (χ3v) is 4.72. The van der Waals surface area contributed by atoms with E-state index in [-0.39, 0.29) is 17.5 Å². The lowest BCUT2D eigenvalue weighted by Crippen LogP contribution is -2.50. The van der Waals surface area contributed by atoms with Gasteiger partial charge in [0.05, 0.1) is 16.6 Å². The molecule has 23 heavy (non-hydrogen) atoms. The summed E-state index contributed by atoms with van der Waals surface area (Å²) in [5.74, 6) is -0.167. The molecule has 0 heterocycles. The van der Waals surface area contributed by atoms with Crippen LogP contribution in [0.15, 0.2) is 54.6 Å². The van der Waals surface area contributed by atoms with Crippen LogP contribution in [0, 0.1) is 0 Å². The quantitative estimate of drug-likeness (QED) is 0.893. The van der Waals surface area contributed by atoms with Gasteiger partial charge in [-0.05, 0) is 45.6 Å². The summed E-state index contributed by atoms with van der Waals surface area (Å²) >= 11 is 6.15. The van der Waals surface area contributed by atoms with Gasteiger partial charge in [-0.25, -0.2) is 0 Å². The van der Waals surface area contributed by atoms with E-state index < -0.39 is 0 Å². The molecular formula is C19H23ClN2O. The molecular weight excluding hydrogens is 308 g/mol. The monoisotopic (exact) mass is 330 g/mol. The predicted octanol–water partition coefficient (Wildman–Crippen LogP) is 4.15. The summed E-state index contributed by atoms with van der Waals surface area (Å²) in [5, 5.41) is 3.60. The molecule has 0 aliphatic heterocycles. The van der Waals surface area contributed by atoms with Gasteiger partial charge in [-0.3, -0.25) is 4.79 Å². The molecule has 2 aromatic rings. The number of hydrogen-bond donors (Lipinski definition) is 1. The second-order valence-corrected chi connectivity index (χ2v) is 6.75. The van der Waals surface area contributed by atoms with Gasteiger partial charge in [-0.2, -0.15) is 0 Å². The zero-order valence-electron chi connectivity index (χ0n) is 14.0. The summed E-state index contributed by atoms with van der Waals surface area (Å²) < 4.78 is 0. The number of carbonyl (C=O) groups is 1. The standard InChI is InChI=1S/C19H23ClN2O/c1-19(2,22(3)4)17(14-10-6-5-7-11-14)21-18(23)15-12-8-9-13-16(15)20/h5-13,17H,1-4H3,(H,21,23). The Bertz CT molecular complexity index is 668. The number of likely N-dealkylation sites (N-methyl/N-ethyl adjacent to an activating group) is 1. The number of carbonyl (C=O) groups excluding carboxylic acids is 1. The second-order valence-electron chi connectivity index (χ2n) is 6.35. The highest BCUT2D eigenvalue weighted by molar-refractivity contribution is 6.33. The molecule has 2 rings (SSSR count). The lowest BCUT2D eigenvalue weighted by molar-refractivity contribution is 0.0840. The largest absolute Gasteiger partial charge is 0.343 e. The zero-order chi connectivity index (χ0) is 17.0. The van der Waals surface area contributed by atoms with Gasteiger partial charge in [0, 0.05) is 5.54 Å². The van der Waals surface area contributed by atoms with E-state index in [4.69, 9.17) is 11.6 Å². The maximum absolute atomic E-state index is 12.7. The molecule has 0 aliphatic rings. The topological polar surface area (TPSA) is 32.3 Å². The highest BCUT2D eigenvalue weighted by Gasteiger charge is 2.34. The Morgan fingerprint density at radius 1 is 1.04 bits per heavy atom. The maximum atomic E-state index is 12.7. The predicted molar refractivity (Wildman–Crippen MR) is 95.9 cm³/mol. The Labute approximate surface area is 143 Å². The fraction of sp³-hybridized carbons (Fsp3) is 0.316. The Balaban J connectivity index is 2.36. The van der Waals surface area contributed by atoms with Crippen molar-refractivity contribution in [2.24, 2.45) is 0 Å². The van der Waals surface area contributed by atoms with Crippen LogP contribution < -0.4 is 5.32 Å². The van der Waals surface area contributed by atoms with E-state index >= 15 is 0 Å². The van der Waals surface area contributed by atoms with Gasteiger partial charge >= 0.3 is 0 Å². The maximum Gasteiger partial charge on any atom is 0.253 e. The van der Waals surface area contributed by atoms with E-state index in [1.54, 1.807) is 12.1 Å². The molecule has 4 heteroatoms. The van der Waals surface area contributed by atoms with Crippen molar-refractivity contribution >= 4 is 17.5 Å². The molecule has 1 N–H and O–H groups in total. The molecule has 1 unspecified atom stereocenters. The number of nitrogens with one attached hydrogen (secondary N) is 1. The van der Waals surface area contributed by atoms with E-state index in [9.17, 15) is 4.79 Å². The molecule has 0 bridgehead atoms. The minimum absolute atomic E-state index is 0.164. The van der Waals surface area contributed by atoms with E-state index in [0.29, 0.717) is 10.6 Å². The normalized spacial score (nSPS) is 13.0. The van der Waals surface area contributed by atoms with Crippen LogP contribution in [-0.4, -0.2) is 30.4 Å². The molecule has 122 valence electrons. The van der Waals surface area contributed by atoms with Crippen LogP contribution in [0.4, 0.5) is 0 Å². The van der Waals surface area contributed by atoms with Crippen molar-refractivity contribution in [1.82, 2.24) is 10.2 Å². The minimum atomic E-state index is -0.266. The molecule has 2 aromatic carbocycles. The molecule has 1 atom stereocenters. The Hall–Kier alpha value is -1.84. The molecule has 0 aromatic heterocycles. The van der Waals surface area contributed by atoms with Crippen molar-refractivity contribution < 1.29 is 4.79 Å². The fourth-order valence-corrected chi connectivity index (χ4v) is 2.65. The Morgan fingerprint density at radius 3 is 2.17 bits per heavy atom. The SMILES string of the molecule is CN(C)C(C)(C)C(NC(=O)c1ccccc1Cl)c1ccccc1. The van der Waals surface area contributed by atoms with E-state index in [2.05, 4.69) is 24.1 Å². The van der Waals surface area contributed by atoms with Crippen molar-refractivity contribution in [2.75, 3.05) is 14.1 Å². The third-order valence-electron chi connectivity index (χ3n) is 4.39. The summed E-state index contributed by atoms with van der Waals surface area (Å²) in [6, 6.07) is 16.9. The number of rotatable bonds is 5. The van der Waals surface area contributed by atoms with Crippen LogP contribution in [0.2, 0.25) is 5.02 Å². The summed E-state index contributed by atoms with van der Waals surface area (Å²) in [7, 11) is 4.02. The highest BCUT2D eigenvalue weighted by atomic mass is 35.5. The number of hydrogen-bond acceptors (Lipinski definition) is 2. The molecule has 0 saturated heterocycles. The van der Waals surface area contributed by atoms with Crippen LogP contribution in [0.1, 0.15) is 35.8 Å². The van der Waals surface area contributed by atoms with Crippen LogP contribution >= 0.6 is 11.6 Å². The smallest absolute Gasteiger partial charge is 0.253 e. The Kier molecular flexibility index (Phi) is 5.45. The summed E-state index contributed by atoms with van der Waals surface area (Å²) in [6.45, 7) is 4.22. The number of amides is 1. The van der Waals surface area contributed by atoms with Crippen molar-refractivity contribution in [3.63, 3.8) is 0 Å². The zero-order valence-corrected chi connectivity index (χ0v) is 14.8. The van der Waals surface area contributed by atoms with Crippen LogP contribution in [0.3, 0.4) is 0 Å². The van der Waals surface area contributed by atoms with E-state index in [1.807, 2.05) is 56.6 Å². The first kappa shape index (κ1) is 17.5. The van der Waals surface area contributed by atoms with Gasteiger partial charge < -0.3 is 10.2 Å². The fourth-order valence-electron chi connectivity index (χ4n) is 2.43. The molecule has 0 fully saturated rings. The number of halogens is 1. The van der Waals surface area contributed by atoms with Crippen molar-refractivity contribution in [3.05, 3.63) is 70.7 Å². The molecule has 0 radical (unpaired) electrons. The van der Waals surface area contributed by atoms with Crippen LogP contribution in [0.25, 0.3) is 0 Å². The third kappa shape index (κ3) is 3.92. The van der Waals surface area contributed by atoms with Gasteiger partial charge in [-0.15, -0.1) is 0 Å². The first-order valence-corrected chi connectivity index (χ1v) is 7.99. The Morgan fingerprint density at radius 2 is 1.61 bits per heavy atom. The summed E-state index contributed by atoms with van der Waals surface area (Å²) in [5.41, 5.74) is 1.29. The molecule has 0 spiro atoms. The van der Waals surface area contributed by atoms with Crippen LogP contribution in [-0.2, 0) is 0 Å². The summed E-state index contributed by atoms with van der Waals surface area (Å²) in [4.78, 5) is 14.8.